The molecule has 0 aliphatic carbocycles. The van der Waals surface area contributed by atoms with Crippen molar-refractivity contribution in [3.8, 4) is 0 Å². The summed E-state index contributed by atoms with van der Waals surface area (Å²) in [6.45, 7) is 2.64. The van der Waals surface area contributed by atoms with Crippen molar-refractivity contribution in [1.29, 1.82) is 0 Å². The van der Waals surface area contributed by atoms with Gasteiger partial charge in [-0.15, -0.1) is 24.0 Å². The quantitative estimate of drug-likeness (QED) is 0.341. The third-order valence-electron chi connectivity index (χ3n) is 4.21. The molecule has 1 atom stereocenters. The molecule has 1 aromatic heterocycles. The highest BCUT2D eigenvalue weighted by molar-refractivity contribution is 14.0. The van der Waals surface area contributed by atoms with Gasteiger partial charge in [-0.3, -0.25) is 4.79 Å². The van der Waals surface area contributed by atoms with Crippen molar-refractivity contribution >= 4 is 41.7 Å². The lowest BCUT2D eigenvalue weighted by Gasteiger charge is -2.19. The van der Waals surface area contributed by atoms with Crippen LogP contribution in [0.4, 0.5) is 5.82 Å². The summed E-state index contributed by atoms with van der Waals surface area (Å²) in [6, 6.07) is 16.0. The SMILES string of the molecule is CC(NC(=NCc1cccc(N(C)C)n1)NCC(=O)N(C)C)c1ccccc1.I. The summed E-state index contributed by atoms with van der Waals surface area (Å²) in [7, 11) is 7.38. The number of nitrogens with zero attached hydrogens (tertiary/aromatic N) is 4. The van der Waals surface area contributed by atoms with E-state index in [1.807, 2.05) is 55.4 Å². The fourth-order valence-electron chi connectivity index (χ4n) is 2.46. The third kappa shape index (κ3) is 8.26. The van der Waals surface area contributed by atoms with Gasteiger partial charge in [0.05, 0.1) is 24.8 Å². The molecule has 0 saturated carbocycles. The zero-order valence-corrected chi connectivity index (χ0v) is 20.0. The average Bonchev–Trinajstić information content (AvgIpc) is 2.70. The lowest BCUT2D eigenvalue weighted by atomic mass is 10.1. The van der Waals surface area contributed by atoms with E-state index in [9.17, 15) is 4.79 Å². The van der Waals surface area contributed by atoms with Crippen molar-refractivity contribution in [1.82, 2.24) is 20.5 Å². The summed E-state index contributed by atoms with van der Waals surface area (Å²) in [5.41, 5.74) is 2.00. The van der Waals surface area contributed by atoms with E-state index < -0.39 is 0 Å². The molecule has 7 nitrogen and oxygen atoms in total. The molecule has 0 fully saturated rings. The number of aliphatic imine (C=N–C) groups is 1. The number of carbonyl (C=O) groups excluding carboxylic acids is 1. The largest absolute Gasteiger partial charge is 0.363 e. The molecule has 2 N–H and O–H groups in total. The van der Waals surface area contributed by atoms with Gasteiger partial charge in [-0.2, -0.15) is 0 Å². The van der Waals surface area contributed by atoms with E-state index in [1.165, 1.54) is 0 Å². The van der Waals surface area contributed by atoms with E-state index in [-0.39, 0.29) is 42.5 Å². The lowest BCUT2D eigenvalue weighted by Crippen LogP contribution is -2.43. The Morgan fingerprint density at radius 2 is 1.76 bits per heavy atom. The standard InChI is InChI=1S/C21H30N6O.HI/c1-16(17-10-7-6-8-11-17)24-21(23-15-20(28)27(4)5)22-14-18-12-9-13-19(25-18)26(2)3;/h6-13,16H,14-15H2,1-5H3,(H2,22,23,24);1H. The topological polar surface area (TPSA) is 72.9 Å². The third-order valence-corrected chi connectivity index (χ3v) is 4.21. The van der Waals surface area contributed by atoms with Crippen LogP contribution in [0.25, 0.3) is 0 Å². The zero-order valence-electron chi connectivity index (χ0n) is 17.7. The maximum Gasteiger partial charge on any atom is 0.241 e. The van der Waals surface area contributed by atoms with Gasteiger partial charge in [0.1, 0.15) is 5.82 Å². The van der Waals surface area contributed by atoms with E-state index in [2.05, 4.69) is 39.7 Å². The highest BCUT2D eigenvalue weighted by Gasteiger charge is 2.10. The van der Waals surface area contributed by atoms with E-state index in [1.54, 1.807) is 19.0 Å². The van der Waals surface area contributed by atoms with Gasteiger partial charge < -0.3 is 20.4 Å². The first kappa shape index (κ1) is 24.7. The van der Waals surface area contributed by atoms with Crippen LogP contribution in [-0.4, -0.2) is 56.5 Å². The molecule has 1 amide bonds. The van der Waals surface area contributed by atoms with Gasteiger partial charge >= 0.3 is 0 Å². The second-order valence-electron chi connectivity index (χ2n) is 6.96. The summed E-state index contributed by atoms with van der Waals surface area (Å²) >= 11 is 0. The number of benzene rings is 1. The van der Waals surface area contributed by atoms with Gasteiger partial charge in [0.15, 0.2) is 5.96 Å². The number of aromatic nitrogens is 1. The Morgan fingerprint density at radius 3 is 2.38 bits per heavy atom. The van der Waals surface area contributed by atoms with Crippen molar-refractivity contribution in [2.75, 3.05) is 39.6 Å². The second-order valence-corrected chi connectivity index (χ2v) is 6.96. The van der Waals surface area contributed by atoms with Gasteiger partial charge in [0, 0.05) is 28.2 Å². The van der Waals surface area contributed by atoms with E-state index in [4.69, 9.17) is 0 Å². The van der Waals surface area contributed by atoms with Crippen molar-refractivity contribution in [2.24, 2.45) is 4.99 Å². The minimum Gasteiger partial charge on any atom is -0.363 e. The van der Waals surface area contributed by atoms with E-state index in [0.717, 1.165) is 17.1 Å². The summed E-state index contributed by atoms with van der Waals surface area (Å²) < 4.78 is 0. The molecule has 2 aromatic rings. The lowest BCUT2D eigenvalue weighted by molar-refractivity contribution is -0.127. The molecule has 0 aliphatic rings. The Morgan fingerprint density at radius 1 is 1.07 bits per heavy atom. The summed E-state index contributed by atoms with van der Waals surface area (Å²) in [5.74, 6) is 1.44. The number of hydrogen-bond donors (Lipinski definition) is 2. The summed E-state index contributed by atoms with van der Waals surface area (Å²) in [6.07, 6.45) is 0. The predicted octanol–water partition coefficient (Wildman–Crippen LogP) is 2.65. The van der Waals surface area contributed by atoms with Crippen molar-refractivity contribution in [3.63, 3.8) is 0 Å². The first-order valence-electron chi connectivity index (χ1n) is 9.30. The van der Waals surface area contributed by atoms with Crippen LogP contribution < -0.4 is 15.5 Å². The molecular formula is C21H31IN6O. The number of halogens is 1. The number of nitrogens with one attached hydrogen (secondary N) is 2. The van der Waals surface area contributed by atoms with Crippen LogP contribution in [0.1, 0.15) is 24.2 Å². The summed E-state index contributed by atoms with van der Waals surface area (Å²) in [5, 5.41) is 6.48. The molecule has 0 aliphatic heterocycles. The highest BCUT2D eigenvalue weighted by Crippen LogP contribution is 2.11. The molecule has 0 spiro atoms. The molecular weight excluding hydrogens is 479 g/mol. The van der Waals surface area contributed by atoms with Gasteiger partial charge in [0.2, 0.25) is 5.91 Å². The van der Waals surface area contributed by atoms with Crippen LogP contribution in [-0.2, 0) is 11.3 Å². The monoisotopic (exact) mass is 510 g/mol. The summed E-state index contributed by atoms with van der Waals surface area (Å²) in [4.78, 5) is 24.7. The number of guanidine groups is 1. The average molecular weight is 510 g/mol. The number of pyridine rings is 1. The minimum atomic E-state index is -0.0189. The first-order chi connectivity index (χ1) is 13.4. The fraction of sp³-hybridized carbons (Fsp3) is 0.381. The maximum atomic E-state index is 12.0. The second kappa shape index (κ2) is 12.3. The Balaban J connectivity index is 0.00000420. The number of amides is 1. The van der Waals surface area contributed by atoms with Crippen LogP contribution in [0.5, 0.6) is 0 Å². The number of carbonyl (C=O) groups is 1. The Bertz CT molecular complexity index is 795. The van der Waals surface area contributed by atoms with E-state index >= 15 is 0 Å². The molecule has 29 heavy (non-hydrogen) atoms. The van der Waals surface area contributed by atoms with Crippen LogP contribution in [0.3, 0.4) is 0 Å². The Kier molecular flexibility index (Phi) is 10.4. The van der Waals surface area contributed by atoms with Crippen molar-refractivity contribution in [2.45, 2.75) is 19.5 Å². The predicted molar refractivity (Wildman–Crippen MR) is 130 cm³/mol. The van der Waals surface area contributed by atoms with E-state index in [0.29, 0.717) is 12.5 Å². The Labute approximate surface area is 190 Å². The van der Waals surface area contributed by atoms with Gasteiger partial charge in [-0.05, 0) is 24.6 Å². The minimum absolute atomic E-state index is 0. The molecule has 1 unspecified atom stereocenters. The highest BCUT2D eigenvalue weighted by atomic mass is 127. The van der Waals surface area contributed by atoms with Crippen LogP contribution in [0.2, 0.25) is 0 Å². The molecule has 158 valence electrons. The Hall–Kier alpha value is -2.36. The number of likely N-dealkylation sites (N-methyl/N-ethyl adjacent to an activating group) is 1. The van der Waals surface area contributed by atoms with Crippen LogP contribution in [0, 0.1) is 0 Å². The maximum absolute atomic E-state index is 12.0. The normalized spacial score (nSPS) is 11.8. The first-order valence-corrected chi connectivity index (χ1v) is 9.30. The van der Waals surface area contributed by atoms with Crippen LogP contribution in [0.15, 0.2) is 53.5 Å². The molecule has 0 radical (unpaired) electrons. The van der Waals surface area contributed by atoms with Crippen molar-refractivity contribution < 1.29 is 4.79 Å². The molecule has 0 bridgehead atoms. The number of anilines is 1. The van der Waals surface area contributed by atoms with Gasteiger partial charge in [0.25, 0.3) is 0 Å². The number of rotatable bonds is 7. The molecule has 1 heterocycles. The molecule has 1 aromatic carbocycles. The zero-order chi connectivity index (χ0) is 20.5. The fourth-order valence-corrected chi connectivity index (χ4v) is 2.46. The van der Waals surface area contributed by atoms with Gasteiger partial charge in [-0.1, -0.05) is 36.4 Å². The molecule has 2 rings (SSSR count). The molecule has 0 saturated heterocycles. The van der Waals surface area contributed by atoms with Gasteiger partial charge in [-0.25, -0.2) is 9.98 Å². The van der Waals surface area contributed by atoms with Crippen molar-refractivity contribution in [3.05, 3.63) is 59.8 Å². The number of hydrogen-bond acceptors (Lipinski definition) is 4. The molecule has 8 heteroatoms. The smallest absolute Gasteiger partial charge is 0.241 e. The van der Waals surface area contributed by atoms with Crippen LogP contribution >= 0.6 is 24.0 Å².